The molecule has 1 aromatic carbocycles. The highest BCUT2D eigenvalue weighted by atomic mass is 127. The first-order chi connectivity index (χ1) is 12.1. The lowest BCUT2D eigenvalue weighted by molar-refractivity contribution is 0.104. The second-order valence-corrected chi connectivity index (χ2v) is 8.46. The zero-order chi connectivity index (χ0) is 17.6. The molecule has 4 nitrogen and oxygen atoms in total. The quantitative estimate of drug-likeness (QED) is 0.495. The van der Waals surface area contributed by atoms with Crippen LogP contribution in [-0.2, 0) is 0 Å². The number of nitrogens with two attached hydrogens (primary N) is 1. The van der Waals surface area contributed by atoms with Gasteiger partial charge >= 0.3 is 0 Å². The van der Waals surface area contributed by atoms with E-state index in [9.17, 15) is 4.79 Å². The van der Waals surface area contributed by atoms with Gasteiger partial charge in [-0.15, -0.1) is 0 Å². The zero-order valence-corrected chi connectivity index (χ0v) is 17.1. The molecule has 0 atom stereocenters. The van der Waals surface area contributed by atoms with Crippen LogP contribution in [0.5, 0.6) is 0 Å². The van der Waals surface area contributed by atoms with E-state index in [-0.39, 0.29) is 32.5 Å². The van der Waals surface area contributed by atoms with Crippen LogP contribution < -0.4 is 5.73 Å². The van der Waals surface area contributed by atoms with E-state index < -0.39 is 0 Å². The van der Waals surface area contributed by atoms with Crippen LogP contribution in [-0.4, -0.2) is 25.6 Å². The number of hydrogen-bond donors (Lipinski definition) is 1. The van der Waals surface area contributed by atoms with Crippen molar-refractivity contribution in [2.45, 2.75) is 12.8 Å². The van der Waals surface area contributed by atoms with Gasteiger partial charge in [-0.3, -0.25) is 4.79 Å². The lowest BCUT2D eigenvalue weighted by Gasteiger charge is -2.14. The van der Waals surface area contributed by atoms with Crippen molar-refractivity contribution < 1.29 is 4.79 Å². The molecule has 2 N–H and O–H groups in total. The van der Waals surface area contributed by atoms with Crippen molar-refractivity contribution in [3.05, 3.63) is 56.3 Å². The SMILES string of the molecule is C=Ic1ccc(-c2nc(N)nc3c2C(=O)C2=CCCC(CBr)=C23)cc1. The van der Waals surface area contributed by atoms with Crippen LogP contribution in [0.4, 0.5) is 5.95 Å². The number of fused-ring (bicyclic) bond motifs is 3. The molecule has 0 radical (unpaired) electrons. The van der Waals surface area contributed by atoms with Crippen LogP contribution >= 0.6 is 36.7 Å². The van der Waals surface area contributed by atoms with Crippen molar-refractivity contribution in [3.63, 3.8) is 0 Å². The molecule has 0 fully saturated rings. The summed E-state index contributed by atoms with van der Waals surface area (Å²) < 4.78 is 5.25. The molecule has 2 aliphatic rings. The van der Waals surface area contributed by atoms with E-state index in [1.807, 2.05) is 18.2 Å². The largest absolute Gasteiger partial charge is 0.368 e. The van der Waals surface area contributed by atoms with E-state index in [0.29, 0.717) is 17.0 Å². The van der Waals surface area contributed by atoms with Gasteiger partial charge in [0, 0.05) is 25.6 Å². The van der Waals surface area contributed by atoms with Gasteiger partial charge in [-0.05, 0) is 30.5 Å². The minimum atomic E-state index is -0.211. The molecule has 1 aromatic heterocycles. The third kappa shape index (κ3) is 2.71. The minimum Gasteiger partial charge on any atom is -0.368 e. The number of alkyl halides is 1. The number of carbonyl (C=O) groups is 1. The van der Waals surface area contributed by atoms with Gasteiger partial charge in [0.15, 0.2) is 5.78 Å². The van der Waals surface area contributed by atoms with Crippen LogP contribution in [0.3, 0.4) is 0 Å². The number of nitrogens with zero attached hydrogens (tertiary/aromatic N) is 2. The van der Waals surface area contributed by atoms with Crippen LogP contribution in [0.2, 0.25) is 0 Å². The highest BCUT2D eigenvalue weighted by molar-refractivity contribution is 14.2. The average molecular weight is 508 g/mol. The fourth-order valence-corrected chi connectivity index (χ4v) is 4.79. The van der Waals surface area contributed by atoms with Gasteiger partial charge in [0.25, 0.3) is 0 Å². The summed E-state index contributed by atoms with van der Waals surface area (Å²) in [5.74, 6) is 0.204. The predicted octanol–water partition coefficient (Wildman–Crippen LogP) is 4.36. The molecule has 2 aromatic rings. The van der Waals surface area contributed by atoms with Gasteiger partial charge in [-0.25, -0.2) is 9.97 Å². The summed E-state index contributed by atoms with van der Waals surface area (Å²) in [4.78, 5) is 21.9. The van der Waals surface area contributed by atoms with Crippen LogP contribution in [0.15, 0.2) is 41.5 Å². The number of anilines is 1. The summed E-state index contributed by atoms with van der Waals surface area (Å²) in [6, 6.07) is 8.09. The van der Waals surface area contributed by atoms with Crippen molar-refractivity contribution in [3.8, 4) is 11.3 Å². The normalized spacial score (nSPS) is 15.9. The summed E-state index contributed by atoms with van der Waals surface area (Å²) in [5, 5.41) is 0.730. The van der Waals surface area contributed by atoms with Crippen LogP contribution in [0.25, 0.3) is 16.8 Å². The molecular formula is C19H15BrIN3O. The molecule has 0 bridgehead atoms. The van der Waals surface area contributed by atoms with Crippen molar-refractivity contribution in [2.75, 3.05) is 11.1 Å². The maximum absolute atomic E-state index is 13.1. The Labute approximate surface area is 164 Å². The molecule has 0 spiro atoms. The number of ketones is 1. The molecular weight excluding hydrogens is 493 g/mol. The molecule has 2 aliphatic carbocycles. The topological polar surface area (TPSA) is 68.9 Å². The Hall–Kier alpha value is -1.67. The Morgan fingerprint density at radius 1 is 1.20 bits per heavy atom. The van der Waals surface area contributed by atoms with E-state index in [0.717, 1.165) is 34.9 Å². The number of allylic oxidation sites excluding steroid dienone is 4. The summed E-state index contributed by atoms with van der Waals surface area (Å²) >= 11 is 3.33. The average Bonchev–Trinajstić information content (AvgIpc) is 2.94. The van der Waals surface area contributed by atoms with E-state index in [1.165, 1.54) is 9.14 Å². The fraction of sp³-hybridized carbons (Fsp3) is 0.158. The number of benzene rings is 1. The number of rotatable bonds is 3. The first-order valence-electron chi connectivity index (χ1n) is 7.84. The molecule has 25 heavy (non-hydrogen) atoms. The molecule has 6 heteroatoms. The van der Waals surface area contributed by atoms with Crippen molar-refractivity contribution in [1.29, 1.82) is 0 Å². The highest BCUT2D eigenvalue weighted by Gasteiger charge is 2.37. The Balaban J connectivity index is 1.99. The number of Topliss-reactive ketones (excluding diaryl/α,β-unsaturated/α-hetero) is 1. The number of hydrogen-bond acceptors (Lipinski definition) is 4. The second-order valence-electron chi connectivity index (χ2n) is 5.89. The van der Waals surface area contributed by atoms with E-state index in [2.05, 4.69) is 42.5 Å². The Morgan fingerprint density at radius 3 is 2.60 bits per heavy atom. The number of aromatic nitrogens is 2. The molecule has 0 unspecified atom stereocenters. The molecule has 1 heterocycles. The van der Waals surface area contributed by atoms with Gasteiger partial charge < -0.3 is 5.73 Å². The fourth-order valence-electron chi connectivity index (χ4n) is 3.36. The summed E-state index contributed by atoms with van der Waals surface area (Å²) in [7, 11) is 0. The summed E-state index contributed by atoms with van der Waals surface area (Å²) in [5.41, 5.74) is 11.6. The molecule has 0 amide bonds. The van der Waals surface area contributed by atoms with Gasteiger partial charge in [0.05, 0.1) is 17.0 Å². The second kappa shape index (κ2) is 6.57. The van der Waals surface area contributed by atoms with E-state index in [4.69, 9.17) is 5.73 Å². The third-order valence-corrected chi connectivity index (χ3v) is 6.76. The van der Waals surface area contributed by atoms with Gasteiger partial charge in [0.2, 0.25) is 5.95 Å². The maximum atomic E-state index is 13.1. The number of halogens is 2. The number of nitrogen functional groups attached to an aromatic ring is 1. The summed E-state index contributed by atoms with van der Waals surface area (Å²) in [6.07, 6.45) is 3.82. The molecule has 0 saturated carbocycles. The minimum absolute atomic E-state index is 0.00631. The first-order valence-corrected chi connectivity index (χ1v) is 11.6. The molecule has 4 rings (SSSR count). The Bertz CT molecular complexity index is 977. The lowest BCUT2D eigenvalue weighted by Crippen LogP contribution is -2.05. The third-order valence-electron chi connectivity index (χ3n) is 4.49. The smallest absolute Gasteiger partial charge is 0.221 e. The highest BCUT2D eigenvalue weighted by Crippen LogP contribution is 2.45. The van der Waals surface area contributed by atoms with Crippen molar-refractivity contribution in [2.24, 2.45) is 0 Å². The standard InChI is InChI=1S/C19H15BrIN3O/c1-21-12-7-5-10(6-8-12)16-15-17(24-19(22)23-16)14-11(9-20)3-2-4-13(14)18(15)25/h4-8H,1-3,9H2,(H2,22,23,24). The summed E-state index contributed by atoms with van der Waals surface area (Å²) in [6.45, 7) is 0. The Morgan fingerprint density at radius 2 is 1.92 bits per heavy atom. The zero-order valence-electron chi connectivity index (χ0n) is 13.4. The first kappa shape index (κ1) is 16.8. The maximum Gasteiger partial charge on any atom is 0.221 e. The van der Waals surface area contributed by atoms with Gasteiger partial charge in [-0.1, -0.05) is 59.4 Å². The van der Waals surface area contributed by atoms with Crippen molar-refractivity contribution >= 4 is 58.5 Å². The molecule has 0 aliphatic heterocycles. The monoisotopic (exact) mass is 507 g/mol. The predicted molar refractivity (Wildman–Crippen MR) is 114 cm³/mol. The van der Waals surface area contributed by atoms with Crippen LogP contribution in [0.1, 0.15) is 28.9 Å². The Kier molecular flexibility index (Phi) is 4.41. The van der Waals surface area contributed by atoms with Gasteiger partial charge in [0.1, 0.15) is 0 Å². The molecule has 0 saturated heterocycles. The van der Waals surface area contributed by atoms with E-state index >= 15 is 0 Å². The molecule has 126 valence electrons. The number of carbonyl (C=O) groups excluding carboxylic acids is 1. The lowest BCUT2D eigenvalue weighted by atomic mass is 9.93. The van der Waals surface area contributed by atoms with Crippen molar-refractivity contribution in [1.82, 2.24) is 9.97 Å². The van der Waals surface area contributed by atoms with Gasteiger partial charge in [-0.2, -0.15) is 0 Å². The van der Waals surface area contributed by atoms with E-state index in [1.54, 1.807) is 0 Å². The van der Waals surface area contributed by atoms with Crippen LogP contribution in [0, 0.1) is 3.57 Å².